The van der Waals surface area contributed by atoms with Crippen LogP contribution < -0.4 is 5.32 Å². The molecule has 1 aromatic carbocycles. The van der Waals surface area contributed by atoms with E-state index >= 15 is 0 Å². The third kappa shape index (κ3) is 3.17. The van der Waals surface area contributed by atoms with Crippen molar-refractivity contribution in [2.75, 3.05) is 5.32 Å². The molecule has 0 unspecified atom stereocenters. The lowest BCUT2D eigenvalue weighted by molar-refractivity contribution is 0.102. The number of hydrogen-bond donors (Lipinski definition) is 1. The molecule has 0 aliphatic rings. The molecule has 0 aliphatic carbocycles. The fourth-order valence-corrected chi connectivity index (χ4v) is 1.99. The number of pyridine rings is 1. The molecule has 1 heterocycles. The number of rotatable bonds is 2. The summed E-state index contributed by atoms with van der Waals surface area (Å²) in [6, 6.07) is 9.41. The number of halogens is 1. The second kappa shape index (κ2) is 5.31. The van der Waals surface area contributed by atoms with Gasteiger partial charge in [0.05, 0.1) is 0 Å². The minimum absolute atomic E-state index is 0.201. The first kappa shape index (κ1) is 12.8. The second-order valence-electron chi connectivity index (χ2n) is 4.19. The summed E-state index contributed by atoms with van der Waals surface area (Å²) < 4.78 is 0.852. The summed E-state index contributed by atoms with van der Waals surface area (Å²) >= 11 is 3.29. The largest absolute Gasteiger partial charge is 0.321 e. The molecule has 1 N–H and O–H groups in total. The van der Waals surface area contributed by atoms with Gasteiger partial charge in [-0.2, -0.15) is 0 Å². The average molecular weight is 305 g/mol. The second-order valence-corrected chi connectivity index (χ2v) is 5.11. The summed E-state index contributed by atoms with van der Waals surface area (Å²) in [5.41, 5.74) is 3.43. The molecule has 0 atom stereocenters. The van der Waals surface area contributed by atoms with E-state index in [2.05, 4.69) is 32.3 Å². The van der Waals surface area contributed by atoms with E-state index in [-0.39, 0.29) is 5.91 Å². The van der Waals surface area contributed by atoms with Gasteiger partial charge in [-0.25, -0.2) is 4.98 Å². The Morgan fingerprint density at radius 3 is 2.39 bits per heavy atom. The summed E-state index contributed by atoms with van der Waals surface area (Å²) in [6.07, 6.45) is 1.61. The first-order valence-corrected chi connectivity index (χ1v) is 6.35. The standard InChI is InChI=1S/C14H13BrN2O/c1-9-5-10(2)7-12(6-9)17-14(18)13-4-3-11(15)8-16-13/h3-8H,1-2H3,(H,17,18). The van der Waals surface area contributed by atoms with Crippen molar-refractivity contribution in [1.82, 2.24) is 4.98 Å². The van der Waals surface area contributed by atoms with Crippen molar-refractivity contribution in [1.29, 1.82) is 0 Å². The van der Waals surface area contributed by atoms with Gasteiger partial charge >= 0.3 is 0 Å². The van der Waals surface area contributed by atoms with Crippen LogP contribution in [0.15, 0.2) is 41.0 Å². The molecular weight excluding hydrogens is 292 g/mol. The minimum atomic E-state index is -0.201. The molecule has 0 aliphatic heterocycles. The van der Waals surface area contributed by atoms with Crippen molar-refractivity contribution in [2.45, 2.75) is 13.8 Å². The highest BCUT2D eigenvalue weighted by molar-refractivity contribution is 9.10. The zero-order valence-corrected chi connectivity index (χ0v) is 11.8. The van der Waals surface area contributed by atoms with Gasteiger partial charge in [-0.15, -0.1) is 0 Å². The van der Waals surface area contributed by atoms with Crippen molar-refractivity contribution in [2.24, 2.45) is 0 Å². The lowest BCUT2D eigenvalue weighted by atomic mass is 10.1. The molecule has 0 radical (unpaired) electrons. The molecule has 1 amide bonds. The fourth-order valence-electron chi connectivity index (χ4n) is 1.75. The third-order valence-corrected chi connectivity index (χ3v) is 2.91. The number of anilines is 1. The summed E-state index contributed by atoms with van der Waals surface area (Å²) in [5, 5.41) is 2.84. The first-order valence-electron chi connectivity index (χ1n) is 5.56. The molecule has 18 heavy (non-hydrogen) atoms. The van der Waals surface area contributed by atoms with Gasteiger partial charge in [0.1, 0.15) is 5.69 Å². The summed E-state index contributed by atoms with van der Waals surface area (Å²) in [6.45, 7) is 4.00. The maximum Gasteiger partial charge on any atom is 0.274 e. The molecule has 3 nitrogen and oxygen atoms in total. The molecule has 0 bridgehead atoms. The van der Waals surface area contributed by atoms with Crippen LogP contribution in [0.5, 0.6) is 0 Å². The Labute approximate surface area is 114 Å². The quantitative estimate of drug-likeness (QED) is 0.919. The summed E-state index contributed by atoms with van der Waals surface area (Å²) in [7, 11) is 0. The van der Waals surface area contributed by atoms with Crippen LogP contribution in [-0.4, -0.2) is 10.9 Å². The summed E-state index contributed by atoms with van der Waals surface area (Å²) in [5.74, 6) is -0.201. The molecule has 2 aromatic rings. The predicted octanol–water partition coefficient (Wildman–Crippen LogP) is 3.71. The van der Waals surface area contributed by atoms with E-state index in [4.69, 9.17) is 0 Å². The van der Waals surface area contributed by atoms with Crippen LogP contribution in [0.4, 0.5) is 5.69 Å². The molecule has 92 valence electrons. The van der Waals surface area contributed by atoms with Crippen LogP contribution in [0.3, 0.4) is 0 Å². The van der Waals surface area contributed by atoms with Crippen molar-refractivity contribution in [3.8, 4) is 0 Å². The van der Waals surface area contributed by atoms with Gasteiger partial charge in [0, 0.05) is 16.4 Å². The number of aryl methyl sites for hydroxylation is 2. The highest BCUT2D eigenvalue weighted by Crippen LogP contribution is 2.15. The monoisotopic (exact) mass is 304 g/mol. The molecule has 4 heteroatoms. The SMILES string of the molecule is Cc1cc(C)cc(NC(=O)c2ccc(Br)cn2)c1. The normalized spacial score (nSPS) is 10.2. The Morgan fingerprint density at radius 1 is 1.17 bits per heavy atom. The number of benzene rings is 1. The molecule has 0 fully saturated rings. The Balaban J connectivity index is 2.18. The predicted molar refractivity (Wildman–Crippen MR) is 75.8 cm³/mol. The number of carbonyl (C=O) groups excluding carboxylic acids is 1. The molecule has 0 saturated heterocycles. The van der Waals surface area contributed by atoms with E-state index in [0.29, 0.717) is 5.69 Å². The number of aromatic nitrogens is 1. The average Bonchev–Trinajstić information content (AvgIpc) is 2.28. The Bertz CT molecular complexity index is 559. The lowest BCUT2D eigenvalue weighted by Gasteiger charge is -2.07. The van der Waals surface area contributed by atoms with Crippen LogP contribution in [0.1, 0.15) is 21.6 Å². The molecule has 0 saturated carbocycles. The number of nitrogens with zero attached hydrogens (tertiary/aromatic N) is 1. The maximum absolute atomic E-state index is 12.0. The van der Waals surface area contributed by atoms with Gasteiger partial charge in [0.2, 0.25) is 0 Å². The molecule has 2 rings (SSSR count). The van der Waals surface area contributed by atoms with Gasteiger partial charge in [0.25, 0.3) is 5.91 Å². The highest BCUT2D eigenvalue weighted by atomic mass is 79.9. The Hall–Kier alpha value is -1.68. The number of nitrogens with one attached hydrogen (secondary N) is 1. The third-order valence-electron chi connectivity index (χ3n) is 2.44. The van der Waals surface area contributed by atoms with Gasteiger partial charge in [-0.3, -0.25) is 4.79 Å². The Kier molecular flexibility index (Phi) is 3.77. The van der Waals surface area contributed by atoms with Crippen LogP contribution in [-0.2, 0) is 0 Å². The lowest BCUT2D eigenvalue weighted by Crippen LogP contribution is -2.13. The first-order chi connectivity index (χ1) is 8.54. The van der Waals surface area contributed by atoms with Gasteiger partial charge in [0.15, 0.2) is 0 Å². The maximum atomic E-state index is 12.0. The topological polar surface area (TPSA) is 42.0 Å². The molecule has 1 aromatic heterocycles. The number of amides is 1. The van der Waals surface area contributed by atoms with Gasteiger partial charge in [-0.1, -0.05) is 6.07 Å². The van der Waals surface area contributed by atoms with E-state index in [9.17, 15) is 4.79 Å². The zero-order valence-electron chi connectivity index (χ0n) is 10.2. The number of hydrogen-bond acceptors (Lipinski definition) is 2. The van der Waals surface area contributed by atoms with E-state index in [1.807, 2.05) is 26.0 Å². The van der Waals surface area contributed by atoms with E-state index < -0.39 is 0 Å². The van der Waals surface area contributed by atoms with Crippen molar-refractivity contribution >= 4 is 27.5 Å². The molecular formula is C14H13BrN2O. The van der Waals surface area contributed by atoms with Gasteiger partial charge in [-0.05, 0) is 65.2 Å². The van der Waals surface area contributed by atoms with Crippen LogP contribution >= 0.6 is 15.9 Å². The zero-order chi connectivity index (χ0) is 13.1. The van der Waals surface area contributed by atoms with E-state index in [0.717, 1.165) is 21.3 Å². The smallest absolute Gasteiger partial charge is 0.274 e. The van der Waals surface area contributed by atoms with Crippen molar-refractivity contribution in [3.63, 3.8) is 0 Å². The number of carbonyl (C=O) groups is 1. The van der Waals surface area contributed by atoms with Gasteiger partial charge < -0.3 is 5.32 Å². The van der Waals surface area contributed by atoms with Crippen LogP contribution in [0.25, 0.3) is 0 Å². The minimum Gasteiger partial charge on any atom is -0.321 e. The van der Waals surface area contributed by atoms with Crippen LogP contribution in [0, 0.1) is 13.8 Å². The van der Waals surface area contributed by atoms with Crippen LogP contribution in [0.2, 0.25) is 0 Å². The summed E-state index contributed by atoms with van der Waals surface area (Å²) in [4.78, 5) is 16.0. The molecule has 0 spiro atoms. The van der Waals surface area contributed by atoms with E-state index in [1.165, 1.54) is 0 Å². The highest BCUT2D eigenvalue weighted by Gasteiger charge is 2.07. The fraction of sp³-hybridized carbons (Fsp3) is 0.143. The van der Waals surface area contributed by atoms with Crippen molar-refractivity contribution in [3.05, 3.63) is 57.8 Å². The Morgan fingerprint density at radius 2 is 1.83 bits per heavy atom. The van der Waals surface area contributed by atoms with Crippen molar-refractivity contribution < 1.29 is 4.79 Å². The van der Waals surface area contributed by atoms with E-state index in [1.54, 1.807) is 18.3 Å².